The molecule has 2 aliphatic rings. The van der Waals surface area contributed by atoms with E-state index in [1.807, 2.05) is 54.0 Å². The molecule has 7 nitrogen and oxygen atoms in total. The molecule has 1 atom stereocenters. The molecule has 5 aromatic rings. The summed E-state index contributed by atoms with van der Waals surface area (Å²) in [5.41, 5.74) is 12.7. The summed E-state index contributed by atoms with van der Waals surface area (Å²) >= 11 is 7.56. The summed E-state index contributed by atoms with van der Waals surface area (Å²) in [6.45, 7) is 0. The van der Waals surface area contributed by atoms with Crippen LogP contribution in [0.5, 0.6) is 0 Å². The molecule has 3 heterocycles. The molecular formula is C34H24ClFN6OS. The summed E-state index contributed by atoms with van der Waals surface area (Å²) in [5, 5.41) is 18.6. The van der Waals surface area contributed by atoms with Gasteiger partial charge in [-0.3, -0.25) is 9.69 Å². The Kier molecular flexibility index (Phi) is 7.09. The van der Waals surface area contributed by atoms with Crippen LogP contribution in [-0.4, -0.2) is 20.5 Å². The van der Waals surface area contributed by atoms with E-state index in [4.69, 9.17) is 27.4 Å². The number of anilines is 1. The Morgan fingerprint density at radius 3 is 2.45 bits per heavy atom. The Hall–Kier alpha value is -5.04. The van der Waals surface area contributed by atoms with Crippen LogP contribution in [0.15, 0.2) is 113 Å². The molecule has 0 saturated carbocycles. The maximum Gasteiger partial charge on any atom is 0.195 e. The number of halogens is 2. The van der Waals surface area contributed by atoms with Gasteiger partial charge in [0.2, 0.25) is 0 Å². The summed E-state index contributed by atoms with van der Waals surface area (Å²) in [6.07, 6.45) is 3.49. The van der Waals surface area contributed by atoms with Gasteiger partial charge in [-0.25, -0.2) is 14.1 Å². The summed E-state index contributed by atoms with van der Waals surface area (Å²) in [5.74, 6) is -0.869. The highest BCUT2D eigenvalue weighted by atomic mass is 35.5. The van der Waals surface area contributed by atoms with Crippen molar-refractivity contribution in [1.82, 2.24) is 14.8 Å². The number of allylic oxidation sites excluding steroid dienone is 3. The fourth-order valence-electron chi connectivity index (χ4n) is 5.88. The minimum Gasteiger partial charge on any atom is -0.384 e. The van der Waals surface area contributed by atoms with Crippen molar-refractivity contribution in [2.45, 2.75) is 25.2 Å². The van der Waals surface area contributed by atoms with Crippen LogP contribution in [0.4, 0.5) is 9.52 Å². The number of ketones is 1. The molecule has 1 unspecified atom stereocenters. The van der Waals surface area contributed by atoms with Crippen molar-refractivity contribution in [3.05, 3.63) is 130 Å². The number of nitrogens with zero attached hydrogens (tertiary/aromatic N) is 5. The summed E-state index contributed by atoms with van der Waals surface area (Å²) in [4.78, 5) is 20.4. The van der Waals surface area contributed by atoms with E-state index in [2.05, 4.69) is 6.07 Å². The number of hydrogen-bond donors (Lipinski definition) is 1. The molecule has 3 aromatic carbocycles. The second kappa shape index (κ2) is 11.2. The molecule has 0 amide bonds. The minimum absolute atomic E-state index is 0.0358. The molecule has 44 heavy (non-hydrogen) atoms. The number of rotatable bonds is 5. The van der Waals surface area contributed by atoms with Crippen LogP contribution in [0.3, 0.4) is 0 Å². The number of carbonyl (C=O) groups excluding carboxylic acids is 1. The van der Waals surface area contributed by atoms with Crippen molar-refractivity contribution in [3.8, 4) is 34.3 Å². The normalized spacial score (nSPS) is 16.7. The number of Topliss-reactive ketones (excluding diaryl/α,β-unsaturated/α-hetero) is 1. The van der Waals surface area contributed by atoms with Crippen molar-refractivity contribution in [2.75, 3.05) is 4.90 Å². The van der Waals surface area contributed by atoms with E-state index in [1.54, 1.807) is 33.8 Å². The van der Waals surface area contributed by atoms with Crippen molar-refractivity contribution < 1.29 is 9.18 Å². The molecule has 216 valence electrons. The largest absolute Gasteiger partial charge is 0.384 e. The first kappa shape index (κ1) is 27.8. The molecule has 1 aliphatic carbocycles. The highest BCUT2D eigenvalue weighted by Gasteiger charge is 2.42. The van der Waals surface area contributed by atoms with E-state index >= 15 is 0 Å². The van der Waals surface area contributed by atoms with Crippen molar-refractivity contribution in [2.24, 2.45) is 5.73 Å². The molecule has 0 bridgehead atoms. The number of nitrogens with two attached hydrogens (primary N) is 1. The molecule has 7 rings (SSSR count). The lowest BCUT2D eigenvalue weighted by Gasteiger charge is -2.38. The van der Waals surface area contributed by atoms with Crippen LogP contribution in [0.25, 0.3) is 28.2 Å². The lowest BCUT2D eigenvalue weighted by Crippen LogP contribution is -2.38. The minimum atomic E-state index is -0.723. The average Bonchev–Trinajstić information content (AvgIpc) is 3.70. The molecule has 0 radical (unpaired) electrons. The van der Waals surface area contributed by atoms with E-state index in [0.717, 1.165) is 22.5 Å². The molecule has 0 spiro atoms. The predicted octanol–water partition coefficient (Wildman–Crippen LogP) is 7.76. The van der Waals surface area contributed by atoms with Crippen LogP contribution in [0, 0.1) is 17.1 Å². The number of hydrogen-bond acceptors (Lipinski definition) is 7. The van der Waals surface area contributed by atoms with Gasteiger partial charge < -0.3 is 5.73 Å². The lowest BCUT2D eigenvalue weighted by atomic mass is 9.75. The zero-order chi connectivity index (χ0) is 30.4. The third-order valence-electron chi connectivity index (χ3n) is 7.93. The van der Waals surface area contributed by atoms with Crippen molar-refractivity contribution in [3.63, 3.8) is 0 Å². The SMILES string of the molecule is N#CC1=C(N)N(c2nc(-c3ccc(F)cc3)cs2)C2=C(C(=O)CCC2)C1c1cn(-c2ccccc2)nc1-c1ccc(Cl)cc1. The number of aromatic nitrogens is 3. The highest BCUT2D eigenvalue weighted by Crippen LogP contribution is 2.49. The fourth-order valence-corrected chi connectivity index (χ4v) is 6.88. The standard InChI is InChI=1S/C34H24ClFN6OS/c35-22-13-9-21(10-14-22)32-26(18-41(40-32)24-5-2-1-3-6-24)30-25(17-37)33(38)42(28-7-4-8-29(43)31(28)30)34-39-27(19-44-34)20-11-15-23(36)16-12-20/h1-3,5-6,9-16,18-19,30H,4,7-8,38H2. The molecule has 0 saturated heterocycles. The molecule has 2 aromatic heterocycles. The van der Waals surface area contributed by atoms with Gasteiger partial charge in [-0.05, 0) is 61.4 Å². The van der Waals surface area contributed by atoms with Crippen molar-refractivity contribution >= 4 is 33.9 Å². The molecule has 2 N–H and O–H groups in total. The third-order valence-corrected chi connectivity index (χ3v) is 9.01. The topological polar surface area (TPSA) is 101 Å². The van der Waals surface area contributed by atoms with E-state index in [0.29, 0.717) is 51.9 Å². The van der Waals surface area contributed by atoms with Crippen LogP contribution >= 0.6 is 22.9 Å². The maximum absolute atomic E-state index is 13.8. The second-order valence-electron chi connectivity index (χ2n) is 10.6. The second-order valence-corrected chi connectivity index (χ2v) is 11.8. The number of benzene rings is 3. The van der Waals surface area contributed by atoms with Gasteiger partial charge in [-0.1, -0.05) is 41.9 Å². The monoisotopic (exact) mass is 618 g/mol. The van der Waals surface area contributed by atoms with Gasteiger partial charge in [-0.15, -0.1) is 11.3 Å². The van der Waals surface area contributed by atoms with Crippen LogP contribution in [-0.2, 0) is 4.79 Å². The van der Waals surface area contributed by atoms with E-state index in [-0.39, 0.29) is 23.0 Å². The highest BCUT2D eigenvalue weighted by molar-refractivity contribution is 7.14. The fraction of sp³-hybridized carbons (Fsp3) is 0.118. The summed E-state index contributed by atoms with van der Waals surface area (Å²) < 4.78 is 15.3. The quantitative estimate of drug-likeness (QED) is 0.216. The molecule has 10 heteroatoms. The molecule has 0 fully saturated rings. The smallest absolute Gasteiger partial charge is 0.195 e. The van der Waals surface area contributed by atoms with Crippen molar-refractivity contribution in [1.29, 1.82) is 5.26 Å². The van der Waals surface area contributed by atoms with Gasteiger partial charge in [-0.2, -0.15) is 10.4 Å². The molecular weight excluding hydrogens is 595 g/mol. The maximum atomic E-state index is 13.8. The number of thiazole rings is 1. The van der Waals surface area contributed by atoms with Crippen LogP contribution < -0.4 is 10.6 Å². The Bertz CT molecular complexity index is 2010. The van der Waals surface area contributed by atoms with Gasteiger partial charge in [0.1, 0.15) is 11.6 Å². The van der Waals surface area contributed by atoms with E-state index in [1.165, 1.54) is 23.5 Å². The first-order valence-electron chi connectivity index (χ1n) is 14.0. The lowest BCUT2D eigenvalue weighted by molar-refractivity contribution is -0.116. The third kappa shape index (κ3) is 4.78. The Balaban J connectivity index is 1.42. The average molecular weight is 619 g/mol. The van der Waals surface area contributed by atoms with E-state index in [9.17, 15) is 14.4 Å². The van der Waals surface area contributed by atoms with Gasteiger partial charge in [0, 0.05) is 51.0 Å². The zero-order valence-electron chi connectivity index (χ0n) is 23.2. The van der Waals surface area contributed by atoms with E-state index < -0.39 is 5.92 Å². The van der Waals surface area contributed by atoms with Crippen LogP contribution in [0.1, 0.15) is 30.7 Å². The Labute approximate surface area is 262 Å². The van der Waals surface area contributed by atoms with Gasteiger partial charge in [0.15, 0.2) is 10.9 Å². The number of carbonyl (C=O) groups is 1. The zero-order valence-corrected chi connectivity index (χ0v) is 24.8. The number of nitriles is 1. The molecule has 1 aliphatic heterocycles. The van der Waals surface area contributed by atoms with Gasteiger partial charge in [0.05, 0.1) is 34.6 Å². The first-order valence-corrected chi connectivity index (χ1v) is 15.3. The summed E-state index contributed by atoms with van der Waals surface area (Å²) in [7, 11) is 0. The van der Waals surface area contributed by atoms with Crippen LogP contribution in [0.2, 0.25) is 5.02 Å². The predicted molar refractivity (Wildman–Crippen MR) is 169 cm³/mol. The Morgan fingerprint density at radius 1 is 1.00 bits per heavy atom. The number of para-hydroxylation sites is 1. The van der Waals surface area contributed by atoms with Gasteiger partial charge in [0.25, 0.3) is 0 Å². The Morgan fingerprint density at radius 2 is 1.73 bits per heavy atom. The van der Waals surface area contributed by atoms with Gasteiger partial charge >= 0.3 is 0 Å². The first-order chi connectivity index (χ1) is 21.4. The summed E-state index contributed by atoms with van der Waals surface area (Å²) in [6, 6.07) is 25.4.